The van der Waals surface area contributed by atoms with Gasteiger partial charge in [-0.3, -0.25) is 9.59 Å². The molecule has 5 nitrogen and oxygen atoms in total. The van der Waals surface area contributed by atoms with E-state index < -0.39 is 0 Å². The highest BCUT2D eigenvalue weighted by molar-refractivity contribution is 9.10. The minimum atomic E-state index is -0.0980. The Kier molecular flexibility index (Phi) is 6.68. The molecule has 31 heavy (non-hydrogen) atoms. The van der Waals surface area contributed by atoms with Crippen LogP contribution in [0, 0.1) is 0 Å². The number of piperidine rings is 1. The lowest BCUT2D eigenvalue weighted by atomic mass is 9.88. The number of rotatable bonds is 5. The lowest BCUT2D eigenvalue weighted by Crippen LogP contribution is -2.38. The Morgan fingerprint density at radius 2 is 1.65 bits per heavy atom. The molecule has 1 heterocycles. The van der Waals surface area contributed by atoms with Crippen LogP contribution in [0.5, 0.6) is 0 Å². The van der Waals surface area contributed by atoms with Gasteiger partial charge in [-0.2, -0.15) is 0 Å². The second-order valence-electron chi connectivity index (χ2n) is 7.87. The summed E-state index contributed by atoms with van der Waals surface area (Å²) in [6, 6.07) is 19.6. The van der Waals surface area contributed by atoms with Gasteiger partial charge in [-0.05, 0) is 59.4 Å². The zero-order valence-corrected chi connectivity index (χ0v) is 18.9. The van der Waals surface area contributed by atoms with Gasteiger partial charge in [0.15, 0.2) is 0 Å². The lowest BCUT2D eigenvalue weighted by Gasteiger charge is -2.32. The van der Waals surface area contributed by atoms with Gasteiger partial charge in [-0.25, -0.2) is 0 Å². The molecule has 0 aliphatic carbocycles. The molecule has 160 valence electrons. The van der Waals surface area contributed by atoms with Gasteiger partial charge in [-0.15, -0.1) is 0 Å². The Morgan fingerprint density at radius 3 is 2.35 bits per heavy atom. The van der Waals surface area contributed by atoms with E-state index in [9.17, 15) is 9.59 Å². The maximum absolute atomic E-state index is 13.2. The molecule has 3 N–H and O–H groups in total. The van der Waals surface area contributed by atoms with Crippen molar-refractivity contribution in [2.45, 2.75) is 18.8 Å². The maximum Gasteiger partial charge on any atom is 0.254 e. The number of nitrogens with one attached hydrogen (secondary N) is 1. The monoisotopic (exact) mass is 479 g/mol. The molecule has 0 unspecified atom stereocenters. The molecule has 1 saturated heterocycles. The molecule has 6 heteroatoms. The van der Waals surface area contributed by atoms with E-state index in [1.54, 1.807) is 0 Å². The van der Waals surface area contributed by atoms with Crippen LogP contribution in [0.1, 0.15) is 45.0 Å². The molecule has 0 radical (unpaired) electrons. The minimum Gasteiger partial charge on any atom is -0.351 e. The Morgan fingerprint density at radius 1 is 0.968 bits per heavy atom. The summed E-state index contributed by atoms with van der Waals surface area (Å²) in [6.07, 6.45) is 1.83. The van der Waals surface area contributed by atoms with Gasteiger partial charge in [0.1, 0.15) is 0 Å². The van der Waals surface area contributed by atoms with Crippen LogP contribution >= 0.6 is 15.9 Å². The van der Waals surface area contributed by atoms with Gasteiger partial charge in [0.25, 0.3) is 11.8 Å². The molecule has 0 bridgehead atoms. The van der Waals surface area contributed by atoms with Crippen molar-refractivity contribution in [3.05, 3.63) is 81.8 Å². The second kappa shape index (κ2) is 9.62. The van der Waals surface area contributed by atoms with Crippen LogP contribution in [0.25, 0.3) is 10.8 Å². The van der Waals surface area contributed by atoms with Crippen molar-refractivity contribution < 1.29 is 9.59 Å². The van der Waals surface area contributed by atoms with E-state index >= 15 is 0 Å². The number of likely N-dealkylation sites (tertiary alicyclic amines) is 1. The normalized spacial score (nSPS) is 14.6. The van der Waals surface area contributed by atoms with Crippen LogP contribution in [0.15, 0.2) is 65.1 Å². The van der Waals surface area contributed by atoms with Gasteiger partial charge < -0.3 is 16.0 Å². The third-order valence-corrected chi connectivity index (χ3v) is 6.65. The van der Waals surface area contributed by atoms with Crippen LogP contribution in [0.4, 0.5) is 0 Å². The van der Waals surface area contributed by atoms with E-state index in [0.29, 0.717) is 24.6 Å². The number of carbonyl (C=O) groups excluding carboxylic acids is 2. The number of nitrogens with zero attached hydrogens (tertiary/aromatic N) is 1. The number of hydrogen-bond donors (Lipinski definition) is 2. The van der Waals surface area contributed by atoms with Crippen LogP contribution in [0.3, 0.4) is 0 Å². The van der Waals surface area contributed by atoms with Crippen LogP contribution in [-0.2, 0) is 0 Å². The van der Waals surface area contributed by atoms with E-state index in [-0.39, 0.29) is 11.8 Å². The fourth-order valence-electron chi connectivity index (χ4n) is 4.24. The zero-order chi connectivity index (χ0) is 21.8. The Hall–Kier alpha value is -2.70. The van der Waals surface area contributed by atoms with Gasteiger partial charge in [0, 0.05) is 41.8 Å². The summed E-state index contributed by atoms with van der Waals surface area (Å²) in [4.78, 5) is 27.2. The Labute approximate surface area is 190 Å². The minimum absolute atomic E-state index is 0.0917. The van der Waals surface area contributed by atoms with Crippen molar-refractivity contribution in [2.24, 2.45) is 5.73 Å². The molecular weight excluding hydrogens is 454 g/mol. The van der Waals surface area contributed by atoms with Crippen molar-refractivity contribution in [3.8, 4) is 0 Å². The number of nitrogens with two attached hydrogens (primary N) is 1. The summed E-state index contributed by atoms with van der Waals surface area (Å²) in [5.74, 6) is 0.389. The van der Waals surface area contributed by atoms with Crippen molar-refractivity contribution >= 4 is 38.5 Å². The summed E-state index contributed by atoms with van der Waals surface area (Å²) >= 11 is 3.58. The van der Waals surface area contributed by atoms with E-state index in [0.717, 1.165) is 46.7 Å². The number of carbonyl (C=O) groups is 2. The van der Waals surface area contributed by atoms with Crippen LogP contribution < -0.4 is 11.1 Å². The van der Waals surface area contributed by atoms with Crippen LogP contribution in [-0.4, -0.2) is 42.9 Å². The topological polar surface area (TPSA) is 75.4 Å². The smallest absolute Gasteiger partial charge is 0.254 e. The highest BCUT2D eigenvalue weighted by Crippen LogP contribution is 2.31. The third-order valence-electron chi connectivity index (χ3n) is 5.96. The predicted octanol–water partition coefficient (Wildman–Crippen LogP) is 4.31. The first-order valence-corrected chi connectivity index (χ1v) is 11.4. The summed E-state index contributed by atoms with van der Waals surface area (Å²) in [5.41, 5.74) is 8.05. The third kappa shape index (κ3) is 4.65. The number of benzene rings is 3. The van der Waals surface area contributed by atoms with Crippen molar-refractivity contribution in [3.63, 3.8) is 0 Å². The van der Waals surface area contributed by atoms with E-state index in [4.69, 9.17) is 5.73 Å². The summed E-state index contributed by atoms with van der Waals surface area (Å²) < 4.78 is 0.999. The number of fused-ring (bicyclic) bond motifs is 1. The van der Waals surface area contributed by atoms with Crippen LogP contribution in [0.2, 0.25) is 0 Å². The molecule has 0 saturated carbocycles. The molecule has 2 amide bonds. The molecule has 1 fully saturated rings. The average Bonchev–Trinajstić information content (AvgIpc) is 2.82. The van der Waals surface area contributed by atoms with E-state index in [2.05, 4.69) is 21.2 Å². The molecule has 1 aliphatic heterocycles. The SMILES string of the molecule is NCCNC(=O)c1ccc(C2CCN(C(=O)c3cccc4c(Br)cccc34)CC2)cc1. The standard InChI is InChI=1S/C25H26BrN3O2/c26-23-6-2-3-20-21(23)4-1-5-22(20)25(31)29-15-11-18(12-16-29)17-7-9-19(10-8-17)24(30)28-14-13-27/h1-10,18H,11-16,27H2,(H,28,30). The van der Waals surface area contributed by atoms with Gasteiger partial charge in [0.05, 0.1) is 0 Å². The van der Waals surface area contributed by atoms with Crippen molar-refractivity contribution in [1.82, 2.24) is 10.2 Å². The predicted molar refractivity (Wildman–Crippen MR) is 127 cm³/mol. The average molecular weight is 480 g/mol. The molecule has 1 aliphatic rings. The first kappa shape index (κ1) is 21.5. The summed E-state index contributed by atoms with van der Waals surface area (Å²) in [5, 5.41) is 4.82. The zero-order valence-electron chi connectivity index (χ0n) is 17.3. The fourth-order valence-corrected chi connectivity index (χ4v) is 4.74. The summed E-state index contributed by atoms with van der Waals surface area (Å²) in [6.45, 7) is 2.36. The molecule has 3 aromatic rings. The molecule has 0 atom stereocenters. The number of hydrogen-bond acceptors (Lipinski definition) is 3. The van der Waals surface area contributed by atoms with E-state index in [1.165, 1.54) is 5.56 Å². The largest absolute Gasteiger partial charge is 0.351 e. The molecule has 0 spiro atoms. The second-order valence-corrected chi connectivity index (χ2v) is 8.73. The fraction of sp³-hybridized carbons (Fsp3) is 0.280. The van der Waals surface area contributed by atoms with Gasteiger partial charge in [-0.1, -0.05) is 52.3 Å². The first-order chi connectivity index (χ1) is 15.1. The number of halogens is 1. The van der Waals surface area contributed by atoms with Gasteiger partial charge >= 0.3 is 0 Å². The van der Waals surface area contributed by atoms with Crippen molar-refractivity contribution in [1.29, 1.82) is 0 Å². The summed E-state index contributed by atoms with van der Waals surface area (Å²) in [7, 11) is 0. The highest BCUT2D eigenvalue weighted by atomic mass is 79.9. The lowest BCUT2D eigenvalue weighted by molar-refractivity contribution is 0.0714. The first-order valence-electron chi connectivity index (χ1n) is 10.6. The molecule has 4 rings (SSSR count). The quantitative estimate of drug-likeness (QED) is 0.572. The number of amides is 2. The maximum atomic E-state index is 13.2. The Balaban J connectivity index is 1.42. The highest BCUT2D eigenvalue weighted by Gasteiger charge is 2.25. The molecular formula is C25H26BrN3O2. The molecule has 0 aromatic heterocycles. The van der Waals surface area contributed by atoms with E-state index in [1.807, 2.05) is 65.6 Å². The Bertz CT molecular complexity index is 1090. The molecule has 3 aromatic carbocycles. The van der Waals surface area contributed by atoms with Gasteiger partial charge in [0.2, 0.25) is 0 Å². The van der Waals surface area contributed by atoms with Crippen molar-refractivity contribution in [2.75, 3.05) is 26.2 Å².